The molecule has 0 bridgehead atoms. The van der Waals surface area contributed by atoms with Gasteiger partial charge in [-0.15, -0.1) is 11.3 Å². The van der Waals surface area contributed by atoms with E-state index in [0.717, 1.165) is 15.6 Å². The molecule has 0 saturated carbocycles. The zero-order valence-electron chi connectivity index (χ0n) is 13.5. The molecule has 0 aliphatic heterocycles. The molecule has 3 aromatic rings. The Bertz CT molecular complexity index is 980. The van der Waals surface area contributed by atoms with Crippen molar-refractivity contribution in [2.45, 2.75) is 24.5 Å². The summed E-state index contributed by atoms with van der Waals surface area (Å²) < 4.78 is 33.2. The van der Waals surface area contributed by atoms with Gasteiger partial charge in [-0.05, 0) is 35.9 Å². The second kappa shape index (κ2) is 7.35. The second-order valence-electron chi connectivity index (χ2n) is 5.52. The van der Waals surface area contributed by atoms with Gasteiger partial charge >= 0.3 is 5.97 Å². The molecule has 25 heavy (non-hydrogen) atoms. The smallest absolute Gasteiger partial charge is 0.324 e. The number of ether oxygens (including phenoxy) is 1. The fraction of sp³-hybridized carbons (Fsp3) is 0.167. The van der Waals surface area contributed by atoms with E-state index in [2.05, 4.69) is 4.72 Å². The fourth-order valence-corrected chi connectivity index (χ4v) is 4.53. The number of thiophene rings is 1. The van der Waals surface area contributed by atoms with Crippen LogP contribution in [-0.2, 0) is 26.2 Å². The first-order chi connectivity index (χ1) is 12.0. The molecule has 1 N–H and O–H groups in total. The molecule has 3 rings (SSSR count). The molecule has 0 fully saturated rings. The summed E-state index contributed by atoms with van der Waals surface area (Å²) in [5.41, 5.74) is 0.909. The monoisotopic (exact) mass is 375 g/mol. The van der Waals surface area contributed by atoms with E-state index < -0.39 is 22.0 Å². The molecule has 1 aromatic heterocycles. The van der Waals surface area contributed by atoms with Crippen molar-refractivity contribution in [2.75, 3.05) is 0 Å². The molecule has 0 saturated heterocycles. The molecule has 130 valence electrons. The van der Waals surface area contributed by atoms with Crippen molar-refractivity contribution in [1.29, 1.82) is 0 Å². The van der Waals surface area contributed by atoms with Gasteiger partial charge in [0.1, 0.15) is 12.6 Å². The Morgan fingerprint density at radius 2 is 1.80 bits per heavy atom. The molecule has 0 unspecified atom stereocenters. The Morgan fingerprint density at radius 3 is 2.56 bits per heavy atom. The number of benzene rings is 2. The summed E-state index contributed by atoms with van der Waals surface area (Å²) in [7, 11) is -3.76. The van der Waals surface area contributed by atoms with Crippen LogP contribution in [-0.4, -0.2) is 20.4 Å². The van der Waals surface area contributed by atoms with E-state index in [-0.39, 0.29) is 11.5 Å². The van der Waals surface area contributed by atoms with E-state index in [9.17, 15) is 13.2 Å². The first-order valence-corrected chi connectivity index (χ1v) is 10.0. The molecule has 2 aromatic carbocycles. The van der Waals surface area contributed by atoms with Gasteiger partial charge in [-0.3, -0.25) is 4.79 Å². The minimum absolute atomic E-state index is 0.110. The van der Waals surface area contributed by atoms with Crippen molar-refractivity contribution in [3.8, 4) is 0 Å². The first-order valence-electron chi connectivity index (χ1n) is 7.66. The van der Waals surface area contributed by atoms with Crippen LogP contribution in [0.3, 0.4) is 0 Å². The summed E-state index contributed by atoms with van der Waals surface area (Å²) in [5, 5.41) is 2.98. The Kier molecular flexibility index (Phi) is 5.17. The molecule has 1 heterocycles. The van der Waals surface area contributed by atoms with Crippen LogP contribution in [0.4, 0.5) is 0 Å². The highest BCUT2D eigenvalue weighted by Gasteiger charge is 2.23. The number of hydrogen-bond acceptors (Lipinski definition) is 5. The van der Waals surface area contributed by atoms with Gasteiger partial charge in [0.05, 0.1) is 4.90 Å². The molecule has 0 aliphatic rings. The Labute approximate surface area is 150 Å². The maximum atomic E-state index is 12.2. The van der Waals surface area contributed by atoms with Gasteiger partial charge in [-0.1, -0.05) is 36.4 Å². The lowest BCUT2D eigenvalue weighted by Crippen LogP contribution is -2.39. The van der Waals surface area contributed by atoms with Crippen molar-refractivity contribution < 1.29 is 17.9 Å². The van der Waals surface area contributed by atoms with Crippen LogP contribution in [0.5, 0.6) is 0 Å². The molecule has 0 radical (unpaired) electrons. The summed E-state index contributed by atoms with van der Waals surface area (Å²) >= 11 is 1.58. The third-order valence-corrected chi connectivity index (χ3v) is 6.24. The van der Waals surface area contributed by atoms with Crippen molar-refractivity contribution >= 4 is 37.4 Å². The molecular formula is C18H17NO4S2. The molecule has 0 aliphatic carbocycles. The quantitative estimate of drug-likeness (QED) is 0.671. The lowest BCUT2D eigenvalue weighted by Gasteiger charge is -2.13. The molecular weight excluding hydrogens is 358 g/mol. The van der Waals surface area contributed by atoms with Crippen LogP contribution in [0.15, 0.2) is 64.9 Å². The summed E-state index contributed by atoms with van der Waals surface area (Å²) in [6.07, 6.45) is 0. The predicted octanol–water partition coefficient (Wildman–Crippen LogP) is 3.31. The average molecular weight is 375 g/mol. The van der Waals surface area contributed by atoms with E-state index in [1.54, 1.807) is 29.5 Å². The van der Waals surface area contributed by atoms with Crippen molar-refractivity contribution in [2.24, 2.45) is 0 Å². The third kappa shape index (κ3) is 4.07. The van der Waals surface area contributed by atoms with Crippen molar-refractivity contribution in [1.82, 2.24) is 4.72 Å². The third-order valence-electron chi connectivity index (χ3n) is 3.67. The van der Waals surface area contributed by atoms with Gasteiger partial charge in [0.25, 0.3) is 0 Å². The number of carbonyl (C=O) groups is 1. The number of fused-ring (bicyclic) bond motifs is 1. The summed E-state index contributed by atoms with van der Waals surface area (Å²) in [6.45, 7) is 1.58. The largest absolute Gasteiger partial charge is 0.460 e. The van der Waals surface area contributed by atoms with E-state index in [0.29, 0.717) is 0 Å². The van der Waals surface area contributed by atoms with Crippen molar-refractivity contribution in [3.05, 3.63) is 65.5 Å². The zero-order valence-corrected chi connectivity index (χ0v) is 15.1. The average Bonchev–Trinajstić information content (AvgIpc) is 3.03. The van der Waals surface area contributed by atoms with E-state index in [1.165, 1.54) is 19.1 Å². The minimum atomic E-state index is -3.76. The number of esters is 1. The van der Waals surface area contributed by atoms with Crippen LogP contribution in [0, 0.1) is 0 Å². The number of hydrogen-bond donors (Lipinski definition) is 1. The highest BCUT2D eigenvalue weighted by atomic mass is 32.2. The standard InChI is InChI=1S/C18H17NO4S2/c1-13(19-25(21,22)15-7-3-2-4-8-15)18(20)23-11-14-12-24-17-10-6-5-9-16(14)17/h2-10,12-13,19H,11H2,1H3/t13-/m0/s1. The Morgan fingerprint density at radius 1 is 1.12 bits per heavy atom. The van der Waals surface area contributed by atoms with Gasteiger partial charge in [-0.2, -0.15) is 4.72 Å². The van der Waals surface area contributed by atoms with Crippen molar-refractivity contribution in [3.63, 3.8) is 0 Å². The SMILES string of the molecule is C[C@H](NS(=O)(=O)c1ccccc1)C(=O)OCc1csc2ccccc12. The van der Waals surface area contributed by atoms with Crippen LogP contribution >= 0.6 is 11.3 Å². The molecule has 0 spiro atoms. The van der Waals surface area contributed by atoms with Gasteiger partial charge in [-0.25, -0.2) is 8.42 Å². The molecule has 7 heteroatoms. The lowest BCUT2D eigenvalue weighted by atomic mass is 10.2. The normalized spacial score (nSPS) is 12.8. The van der Waals surface area contributed by atoms with Crippen LogP contribution in [0.25, 0.3) is 10.1 Å². The fourth-order valence-electron chi connectivity index (χ4n) is 2.37. The zero-order chi connectivity index (χ0) is 17.9. The highest BCUT2D eigenvalue weighted by molar-refractivity contribution is 7.89. The summed E-state index contributed by atoms with van der Waals surface area (Å²) in [6, 6.07) is 14.8. The maximum Gasteiger partial charge on any atom is 0.324 e. The van der Waals surface area contributed by atoms with Gasteiger partial charge in [0, 0.05) is 10.3 Å². The Balaban J connectivity index is 1.63. The van der Waals surface area contributed by atoms with Crippen LogP contribution < -0.4 is 4.72 Å². The highest BCUT2D eigenvalue weighted by Crippen LogP contribution is 2.26. The van der Waals surface area contributed by atoms with Gasteiger partial charge in [0.15, 0.2) is 0 Å². The van der Waals surface area contributed by atoms with Gasteiger partial charge in [0.2, 0.25) is 10.0 Å². The van der Waals surface area contributed by atoms with Gasteiger partial charge < -0.3 is 4.74 Å². The topological polar surface area (TPSA) is 72.5 Å². The molecule has 5 nitrogen and oxygen atoms in total. The predicted molar refractivity (Wildman–Crippen MR) is 97.8 cm³/mol. The van der Waals surface area contributed by atoms with Crippen LogP contribution in [0.1, 0.15) is 12.5 Å². The first kappa shape index (κ1) is 17.6. The number of nitrogens with one attached hydrogen (secondary N) is 1. The number of carbonyl (C=O) groups excluding carboxylic acids is 1. The molecule has 0 amide bonds. The van der Waals surface area contributed by atoms with Crippen LogP contribution in [0.2, 0.25) is 0 Å². The number of sulfonamides is 1. The Hall–Kier alpha value is -2.22. The minimum Gasteiger partial charge on any atom is -0.460 e. The van der Waals surface area contributed by atoms with E-state index >= 15 is 0 Å². The maximum absolute atomic E-state index is 12.2. The summed E-state index contributed by atoms with van der Waals surface area (Å²) in [5.74, 6) is -0.616. The lowest BCUT2D eigenvalue weighted by molar-refractivity contribution is -0.146. The molecule has 1 atom stereocenters. The second-order valence-corrected chi connectivity index (χ2v) is 8.15. The van der Waals surface area contributed by atoms with E-state index in [1.807, 2.05) is 29.6 Å². The van der Waals surface area contributed by atoms with E-state index in [4.69, 9.17) is 4.74 Å². The summed E-state index contributed by atoms with van der Waals surface area (Å²) in [4.78, 5) is 12.2. The number of rotatable bonds is 6.